The minimum atomic E-state index is -0.788. The maximum Gasteiger partial charge on any atom is 0.325 e. The van der Waals surface area contributed by atoms with Crippen molar-refractivity contribution in [3.8, 4) is 0 Å². The largest absolute Gasteiger partial charge is 0.480 e. The van der Waals surface area contributed by atoms with Crippen LogP contribution in [0.15, 0.2) is 24.3 Å². The van der Waals surface area contributed by atoms with Crippen molar-refractivity contribution in [2.45, 2.75) is 38.6 Å². The maximum absolute atomic E-state index is 11.4. The van der Waals surface area contributed by atoms with E-state index in [-0.39, 0.29) is 0 Å². The number of carboxylic acid groups (broad SMARTS) is 1. The lowest BCUT2D eigenvalue weighted by molar-refractivity contribution is -0.139. The van der Waals surface area contributed by atoms with Crippen LogP contribution in [-0.4, -0.2) is 17.6 Å². The molecule has 0 radical (unpaired) electrons. The van der Waals surface area contributed by atoms with Gasteiger partial charge in [-0.1, -0.05) is 38.1 Å². The first kappa shape index (κ1) is 13.1. The highest BCUT2D eigenvalue weighted by Crippen LogP contribution is 2.42. The van der Waals surface area contributed by atoms with Gasteiger partial charge in [0.2, 0.25) is 0 Å². The number of hydrogen-bond acceptors (Lipinski definition) is 2. The highest BCUT2D eigenvalue weighted by atomic mass is 16.4. The van der Waals surface area contributed by atoms with Gasteiger partial charge in [0.25, 0.3) is 0 Å². The van der Waals surface area contributed by atoms with Gasteiger partial charge < -0.3 is 10.4 Å². The minimum absolute atomic E-state index is 0.444. The normalized spacial score (nSPS) is 16.8. The molecule has 1 saturated carbocycles. The molecule has 1 aromatic rings. The van der Waals surface area contributed by atoms with Crippen molar-refractivity contribution in [3.05, 3.63) is 35.4 Å². The van der Waals surface area contributed by atoms with E-state index in [1.54, 1.807) is 0 Å². The van der Waals surface area contributed by atoms with Crippen molar-refractivity contribution in [2.75, 3.05) is 6.54 Å². The summed E-state index contributed by atoms with van der Waals surface area (Å²) in [5, 5.41) is 12.6. The number of nitrogens with one attached hydrogen (secondary N) is 1. The second-order valence-electron chi connectivity index (χ2n) is 5.48. The van der Waals surface area contributed by atoms with E-state index < -0.39 is 12.0 Å². The number of carbonyl (C=O) groups is 1. The smallest absolute Gasteiger partial charge is 0.325 e. The van der Waals surface area contributed by atoms with E-state index in [1.807, 2.05) is 18.2 Å². The third-order valence-electron chi connectivity index (χ3n) is 3.30. The van der Waals surface area contributed by atoms with E-state index in [4.69, 9.17) is 0 Å². The van der Waals surface area contributed by atoms with Gasteiger partial charge in [0.1, 0.15) is 6.04 Å². The predicted molar refractivity (Wildman–Crippen MR) is 71.6 cm³/mol. The molecule has 1 aliphatic carbocycles. The fourth-order valence-electron chi connectivity index (χ4n) is 2.22. The Morgan fingerprint density at radius 1 is 1.39 bits per heavy atom. The molecule has 3 heteroatoms. The van der Waals surface area contributed by atoms with E-state index in [9.17, 15) is 9.90 Å². The average Bonchev–Trinajstić information content (AvgIpc) is 3.13. The second-order valence-corrected chi connectivity index (χ2v) is 5.48. The molecular weight excluding hydrogens is 226 g/mol. The van der Waals surface area contributed by atoms with Gasteiger partial charge in [-0.15, -0.1) is 0 Å². The van der Waals surface area contributed by atoms with Crippen LogP contribution < -0.4 is 5.32 Å². The summed E-state index contributed by atoms with van der Waals surface area (Å²) in [6, 6.07) is 7.36. The van der Waals surface area contributed by atoms with Gasteiger partial charge in [-0.25, -0.2) is 0 Å². The lowest BCUT2D eigenvalue weighted by Gasteiger charge is -2.19. The predicted octanol–water partition coefficient (Wildman–Crippen LogP) is 2.94. The standard InChI is InChI=1S/C15H21NO2/c1-10(2)9-16-14(15(17)18)13-6-4-3-5-12(13)11-7-8-11/h3-6,10-11,14,16H,7-9H2,1-2H3,(H,17,18). The molecular formula is C15H21NO2. The number of rotatable bonds is 6. The molecule has 1 aromatic carbocycles. The first-order chi connectivity index (χ1) is 8.59. The van der Waals surface area contributed by atoms with Gasteiger partial charge in [-0.2, -0.15) is 0 Å². The fourth-order valence-corrected chi connectivity index (χ4v) is 2.22. The van der Waals surface area contributed by atoms with E-state index >= 15 is 0 Å². The van der Waals surface area contributed by atoms with Crippen LogP contribution in [0.5, 0.6) is 0 Å². The summed E-state index contributed by atoms with van der Waals surface area (Å²) in [5.74, 6) is 0.229. The van der Waals surface area contributed by atoms with Crippen molar-refractivity contribution >= 4 is 5.97 Å². The Morgan fingerprint density at radius 3 is 2.61 bits per heavy atom. The molecule has 1 aliphatic rings. The van der Waals surface area contributed by atoms with E-state index in [2.05, 4.69) is 25.2 Å². The average molecular weight is 247 g/mol. The van der Waals surface area contributed by atoms with Crippen LogP contribution in [0.1, 0.15) is 49.8 Å². The molecule has 0 aromatic heterocycles. The SMILES string of the molecule is CC(C)CNC(C(=O)O)c1ccccc1C1CC1. The van der Waals surface area contributed by atoms with E-state index in [0.29, 0.717) is 11.8 Å². The molecule has 0 aliphatic heterocycles. The Hall–Kier alpha value is -1.35. The van der Waals surface area contributed by atoms with Crippen LogP contribution in [0.2, 0.25) is 0 Å². The third kappa shape index (κ3) is 3.10. The summed E-state index contributed by atoms with van der Waals surface area (Å²) in [4.78, 5) is 11.4. The van der Waals surface area contributed by atoms with Gasteiger partial charge in [0.15, 0.2) is 0 Å². The lowest BCUT2D eigenvalue weighted by atomic mass is 9.96. The van der Waals surface area contributed by atoms with Crippen molar-refractivity contribution in [1.82, 2.24) is 5.32 Å². The Morgan fingerprint density at radius 2 is 2.06 bits per heavy atom. The number of carboxylic acids is 1. The van der Waals surface area contributed by atoms with E-state index in [1.165, 1.54) is 18.4 Å². The third-order valence-corrected chi connectivity index (χ3v) is 3.30. The van der Waals surface area contributed by atoms with Gasteiger partial charge >= 0.3 is 5.97 Å². The summed E-state index contributed by atoms with van der Waals surface area (Å²) in [7, 11) is 0. The first-order valence-electron chi connectivity index (χ1n) is 6.64. The van der Waals surface area contributed by atoms with Crippen molar-refractivity contribution in [2.24, 2.45) is 5.92 Å². The number of benzene rings is 1. The Balaban J connectivity index is 2.21. The summed E-state index contributed by atoms with van der Waals surface area (Å²) < 4.78 is 0. The van der Waals surface area contributed by atoms with Gasteiger partial charge in [0.05, 0.1) is 0 Å². The summed E-state index contributed by atoms with van der Waals surface area (Å²) in [5.41, 5.74) is 2.15. The van der Waals surface area contributed by atoms with Crippen LogP contribution in [0.4, 0.5) is 0 Å². The summed E-state index contributed by atoms with van der Waals surface area (Å²) in [6.45, 7) is 4.88. The van der Waals surface area contributed by atoms with Gasteiger partial charge in [0, 0.05) is 0 Å². The van der Waals surface area contributed by atoms with Crippen molar-refractivity contribution in [3.63, 3.8) is 0 Å². The Bertz CT molecular complexity index is 424. The van der Waals surface area contributed by atoms with Crippen molar-refractivity contribution in [1.29, 1.82) is 0 Å². The van der Waals surface area contributed by atoms with Gasteiger partial charge in [-0.3, -0.25) is 4.79 Å². The van der Waals surface area contributed by atoms with Crippen LogP contribution >= 0.6 is 0 Å². The van der Waals surface area contributed by atoms with Gasteiger partial charge in [-0.05, 0) is 42.3 Å². The molecule has 18 heavy (non-hydrogen) atoms. The van der Waals surface area contributed by atoms with Crippen molar-refractivity contribution < 1.29 is 9.90 Å². The lowest BCUT2D eigenvalue weighted by Crippen LogP contribution is -2.32. The van der Waals surface area contributed by atoms with Crippen LogP contribution in [-0.2, 0) is 4.79 Å². The Kier molecular flexibility index (Phi) is 4.02. The molecule has 2 rings (SSSR count). The highest BCUT2D eigenvalue weighted by molar-refractivity contribution is 5.76. The molecule has 1 fully saturated rings. The molecule has 2 N–H and O–H groups in total. The molecule has 1 unspecified atom stereocenters. The van der Waals surface area contributed by atoms with Crippen LogP contribution in [0, 0.1) is 5.92 Å². The molecule has 0 amide bonds. The van der Waals surface area contributed by atoms with E-state index in [0.717, 1.165) is 12.1 Å². The van der Waals surface area contributed by atoms with Crippen LogP contribution in [0.25, 0.3) is 0 Å². The monoisotopic (exact) mass is 247 g/mol. The molecule has 0 bridgehead atoms. The number of hydrogen-bond donors (Lipinski definition) is 2. The zero-order valence-corrected chi connectivity index (χ0v) is 11.0. The van der Waals surface area contributed by atoms with Crippen LogP contribution in [0.3, 0.4) is 0 Å². The summed E-state index contributed by atoms with van der Waals surface area (Å²) >= 11 is 0. The summed E-state index contributed by atoms with van der Waals surface area (Å²) in [6.07, 6.45) is 2.38. The first-order valence-corrected chi connectivity index (χ1v) is 6.64. The topological polar surface area (TPSA) is 49.3 Å². The fraction of sp³-hybridized carbons (Fsp3) is 0.533. The Labute approximate surface area is 108 Å². The molecule has 0 heterocycles. The zero-order chi connectivity index (χ0) is 13.1. The highest BCUT2D eigenvalue weighted by Gasteiger charge is 2.30. The molecule has 3 nitrogen and oxygen atoms in total. The zero-order valence-electron chi connectivity index (χ0n) is 11.0. The maximum atomic E-state index is 11.4. The molecule has 1 atom stereocenters. The minimum Gasteiger partial charge on any atom is -0.480 e. The second kappa shape index (κ2) is 5.53. The molecule has 98 valence electrons. The number of aliphatic carboxylic acids is 1. The molecule has 0 saturated heterocycles. The molecule has 0 spiro atoms. The quantitative estimate of drug-likeness (QED) is 0.812.